The number of esters is 1. The molecule has 1 spiro atoms. The van der Waals surface area contributed by atoms with Gasteiger partial charge in [0.15, 0.2) is 0 Å². The number of halogens is 4. The molecule has 254 valence electrons. The van der Waals surface area contributed by atoms with Crippen molar-refractivity contribution < 1.29 is 51.0 Å². The van der Waals surface area contributed by atoms with E-state index in [4.69, 9.17) is 9.47 Å². The Morgan fingerprint density at radius 1 is 1.09 bits per heavy atom. The number of fused-ring (bicyclic) bond motifs is 2. The second-order valence-corrected chi connectivity index (χ2v) is 12.4. The van der Waals surface area contributed by atoms with Gasteiger partial charge in [0.2, 0.25) is 11.5 Å². The third-order valence-electron chi connectivity index (χ3n) is 7.70. The normalized spacial score (nSPS) is 18.1. The van der Waals surface area contributed by atoms with Crippen LogP contribution in [0, 0.1) is 5.82 Å². The number of anilines is 1. The summed E-state index contributed by atoms with van der Waals surface area (Å²) in [5.41, 5.74) is -0.856. The predicted molar refractivity (Wildman–Crippen MR) is 159 cm³/mol. The number of carbonyl (C=O) groups is 5. The van der Waals surface area contributed by atoms with Gasteiger partial charge in [-0.15, -0.1) is 0 Å². The van der Waals surface area contributed by atoms with Crippen LogP contribution in [0.25, 0.3) is 0 Å². The van der Waals surface area contributed by atoms with Crippen LogP contribution >= 0.6 is 0 Å². The van der Waals surface area contributed by atoms with Gasteiger partial charge in [0.05, 0.1) is 0 Å². The molecule has 2 N–H and O–H groups in total. The highest BCUT2D eigenvalue weighted by Gasteiger charge is 2.58. The number of benzene rings is 2. The third kappa shape index (κ3) is 8.37. The molecule has 2 aromatic rings. The second kappa shape index (κ2) is 13.6. The van der Waals surface area contributed by atoms with E-state index in [0.717, 1.165) is 19.1 Å². The molecule has 1 unspecified atom stereocenters. The molecule has 1 fully saturated rings. The van der Waals surface area contributed by atoms with E-state index in [1.807, 2.05) is 0 Å². The van der Waals surface area contributed by atoms with Crippen molar-refractivity contribution >= 4 is 35.6 Å². The summed E-state index contributed by atoms with van der Waals surface area (Å²) in [4.78, 5) is 64.8. The molecule has 2 aromatic carbocycles. The third-order valence-corrected chi connectivity index (χ3v) is 7.70. The smallest absolute Gasteiger partial charge is 0.418 e. The number of nitrogens with one attached hydrogen (secondary N) is 2. The van der Waals surface area contributed by atoms with E-state index in [1.165, 1.54) is 24.3 Å². The highest BCUT2D eigenvalue weighted by atomic mass is 19.4. The number of urea groups is 1. The molecule has 2 atom stereocenters. The number of rotatable bonds is 10. The highest BCUT2D eigenvalue weighted by molar-refractivity contribution is 6.06. The second-order valence-electron chi connectivity index (χ2n) is 12.4. The van der Waals surface area contributed by atoms with Crippen LogP contribution in [-0.4, -0.2) is 70.6 Å². The van der Waals surface area contributed by atoms with Gasteiger partial charge in [-0.2, -0.15) is 13.2 Å². The van der Waals surface area contributed by atoms with Crippen LogP contribution in [0.1, 0.15) is 63.6 Å². The molecular formula is C32H36F4N4O7. The molecule has 1 heterocycles. The summed E-state index contributed by atoms with van der Waals surface area (Å²) in [6.07, 6.45) is -5.21. The number of carbonyl (C=O) groups excluding carboxylic acids is 5. The molecule has 0 saturated carbocycles. The average Bonchev–Trinajstić information content (AvgIpc) is 3.44. The van der Waals surface area contributed by atoms with Gasteiger partial charge in [-0.05, 0) is 75.9 Å². The van der Waals surface area contributed by atoms with Gasteiger partial charge in [0, 0.05) is 37.2 Å². The molecule has 15 heteroatoms. The van der Waals surface area contributed by atoms with Gasteiger partial charge < -0.3 is 25.0 Å². The van der Waals surface area contributed by atoms with E-state index < -0.39 is 66.3 Å². The van der Waals surface area contributed by atoms with Crippen LogP contribution in [0.4, 0.5) is 32.8 Å². The van der Waals surface area contributed by atoms with Crippen molar-refractivity contribution in [3.05, 3.63) is 65.0 Å². The first-order valence-corrected chi connectivity index (χ1v) is 15.0. The summed E-state index contributed by atoms with van der Waals surface area (Å²) in [5.74, 6) is -3.03. The Hall–Kier alpha value is -4.69. The number of imide groups is 1. The van der Waals surface area contributed by atoms with Crippen LogP contribution in [0.5, 0.6) is 0 Å². The zero-order valence-corrected chi connectivity index (χ0v) is 26.3. The number of ether oxygens (including phenoxy) is 2. The zero-order valence-electron chi connectivity index (χ0n) is 26.3. The van der Waals surface area contributed by atoms with Gasteiger partial charge in [-0.25, -0.2) is 18.9 Å². The van der Waals surface area contributed by atoms with E-state index in [9.17, 15) is 41.5 Å². The Kier molecular flexibility index (Phi) is 10.2. The Labute approximate surface area is 268 Å². The lowest BCUT2D eigenvalue weighted by Crippen LogP contribution is -2.51. The molecule has 0 aromatic heterocycles. The summed E-state index contributed by atoms with van der Waals surface area (Å²) in [7, 11) is 0. The van der Waals surface area contributed by atoms with Crippen molar-refractivity contribution in [1.29, 1.82) is 0 Å². The lowest BCUT2D eigenvalue weighted by atomic mass is 9.94. The number of nitrogens with zero attached hydrogens (tertiary/aromatic N) is 2. The van der Waals surface area contributed by atoms with Gasteiger partial charge in [0.25, 0.3) is 5.91 Å². The van der Waals surface area contributed by atoms with Crippen LogP contribution in [-0.2, 0) is 42.4 Å². The van der Waals surface area contributed by atoms with Crippen LogP contribution < -0.4 is 10.6 Å². The summed E-state index contributed by atoms with van der Waals surface area (Å²) in [6, 6.07) is 6.35. The van der Waals surface area contributed by atoms with Gasteiger partial charge in [-0.1, -0.05) is 18.2 Å². The number of hydrogen-bond acceptors (Lipinski definition) is 7. The maximum absolute atomic E-state index is 13.7. The molecule has 47 heavy (non-hydrogen) atoms. The van der Waals surface area contributed by atoms with Gasteiger partial charge >= 0.3 is 24.3 Å². The topological polar surface area (TPSA) is 134 Å². The molecule has 1 aliphatic heterocycles. The molecular weight excluding hydrogens is 628 g/mol. The minimum absolute atomic E-state index is 0.0240. The van der Waals surface area contributed by atoms with E-state index in [-0.39, 0.29) is 37.3 Å². The lowest BCUT2D eigenvalue weighted by Gasteiger charge is -2.31. The van der Waals surface area contributed by atoms with Gasteiger partial charge in [0.1, 0.15) is 24.0 Å². The number of hydrogen-bond donors (Lipinski definition) is 2. The van der Waals surface area contributed by atoms with Crippen LogP contribution in [0.15, 0.2) is 42.5 Å². The maximum Gasteiger partial charge on any atom is 0.418 e. The Balaban J connectivity index is 1.40. The molecule has 1 aliphatic carbocycles. The summed E-state index contributed by atoms with van der Waals surface area (Å²) >= 11 is 0. The number of alkyl halides is 3. The molecule has 4 rings (SSSR count). The molecule has 11 nitrogen and oxygen atoms in total. The molecule has 5 amide bonds. The first-order chi connectivity index (χ1) is 21.9. The highest BCUT2D eigenvalue weighted by Crippen LogP contribution is 2.46. The summed E-state index contributed by atoms with van der Waals surface area (Å²) < 4.78 is 65.1. The Morgan fingerprint density at radius 2 is 1.77 bits per heavy atom. The van der Waals surface area contributed by atoms with Crippen molar-refractivity contribution in [2.24, 2.45) is 0 Å². The van der Waals surface area contributed by atoms with Crippen molar-refractivity contribution in [2.45, 2.75) is 83.3 Å². The molecule has 1 saturated heterocycles. The van der Waals surface area contributed by atoms with E-state index >= 15 is 0 Å². The summed E-state index contributed by atoms with van der Waals surface area (Å²) in [5, 5.41) is 5.29. The molecule has 2 aliphatic rings. The molecule has 0 radical (unpaired) electrons. The van der Waals surface area contributed by atoms with Gasteiger partial charge in [-0.3, -0.25) is 14.4 Å². The maximum atomic E-state index is 13.7. The minimum atomic E-state index is -4.82. The van der Waals surface area contributed by atoms with Crippen molar-refractivity contribution in [3.8, 4) is 0 Å². The summed E-state index contributed by atoms with van der Waals surface area (Å²) in [6.45, 7) is 4.72. The standard InChI is InChI=1S/C32H36F4N4O7/c1-19(32(34,35)36)39(17-20-7-9-22(33)10-8-20)25(41)18-40-27(43)31(47-29(40)45)14-13-21-16-23(11-12-24(21)31)38-28(44)37-15-5-6-26(42)46-30(2,3)4/h7-12,16,19H,5-6,13-15,17-18H2,1-4H3,(H2,37,38,44)/t19-,31?/m0/s1. The van der Waals surface area contributed by atoms with E-state index in [1.54, 1.807) is 26.8 Å². The Morgan fingerprint density at radius 3 is 2.40 bits per heavy atom. The monoisotopic (exact) mass is 664 g/mol. The van der Waals surface area contributed by atoms with Crippen LogP contribution in [0.2, 0.25) is 0 Å². The SMILES string of the molecule is C[C@H](N(Cc1ccc(F)cc1)C(=O)CN1C(=O)OC2(CCc3cc(NC(=O)NCCCC(=O)OC(C)(C)C)ccc32)C1=O)C(F)(F)F. The number of aryl methyl sites for hydroxylation is 1. The first-order valence-electron chi connectivity index (χ1n) is 15.0. The minimum Gasteiger partial charge on any atom is -0.460 e. The average molecular weight is 665 g/mol. The number of amides is 5. The quantitative estimate of drug-likeness (QED) is 0.203. The van der Waals surface area contributed by atoms with Crippen molar-refractivity contribution in [3.63, 3.8) is 0 Å². The van der Waals surface area contributed by atoms with Crippen LogP contribution in [0.3, 0.4) is 0 Å². The predicted octanol–water partition coefficient (Wildman–Crippen LogP) is 5.17. The van der Waals surface area contributed by atoms with E-state index in [2.05, 4.69) is 10.6 Å². The molecule has 0 bridgehead atoms. The zero-order chi connectivity index (χ0) is 34.7. The van der Waals surface area contributed by atoms with E-state index in [0.29, 0.717) is 33.0 Å². The fourth-order valence-corrected chi connectivity index (χ4v) is 5.36. The fraction of sp³-hybridized carbons (Fsp3) is 0.469. The largest absolute Gasteiger partial charge is 0.460 e. The lowest BCUT2D eigenvalue weighted by molar-refractivity contribution is -0.187. The Bertz CT molecular complexity index is 1540. The van der Waals surface area contributed by atoms with Crippen molar-refractivity contribution in [1.82, 2.24) is 15.1 Å². The first kappa shape index (κ1) is 35.2. The van der Waals surface area contributed by atoms with Crippen molar-refractivity contribution in [2.75, 3.05) is 18.4 Å². The fourth-order valence-electron chi connectivity index (χ4n) is 5.36.